The molecule has 4 rings (SSSR count). The molecule has 3 aromatic carbocycles. The summed E-state index contributed by atoms with van der Waals surface area (Å²) in [6, 6.07) is 16.6. The van der Waals surface area contributed by atoms with Crippen molar-refractivity contribution in [2.75, 3.05) is 19.5 Å². The Balaban J connectivity index is 1.71. The van der Waals surface area contributed by atoms with E-state index in [9.17, 15) is 14.4 Å². The molecule has 0 spiro atoms. The van der Waals surface area contributed by atoms with Crippen molar-refractivity contribution in [3.63, 3.8) is 0 Å². The van der Waals surface area contributed by atoms with E-state index >= 15 is 0 Å². The van der Waals surface area contributed by atoms with E-state index in [1.54, 1.807) is 48.5 Å². The van der Waals surface area contributed by atoms with Gasteiger partial charge in [-0.1, -0.05) is 18.2 Å². The van der Waals surface area contributed by atoms with Crippen LogP contribution in [0.2, 0.25) is 0 Å². The van der Waals surface area contributed by atoms with Crippen molar-refractivity contribution in [2.24, 2.45) is 0 Å². The standard InChI is InChI=1S/C24H21N3O5/c1-14-11-20(31-2)21(32-3)13-18(14)25-22(28)15-9-10-17-19(12-15)26-24(30)27(23(17)29)16-7-5-4-6-8-16/h4-13H,1-3H3,(H,25,28)(H,26,30). The molecule has 2 N–H and O–H groups in total. The molecule has 1 aromatic heterocycles. The zero-order chi connectivity index (χ0) is 22.8. The molecule has 8 heteroatoms. The second kappa shape index (κ2) is 8.43. The van der Waals surface area contributed by atoms with Gasteiger partial charge in [0.05, 0.1) is 30.8 Å². The number of benzene rings is 3. The molecule has 0 radical (unpaired) electrons. The number of ether oxygens (including phenoxy) is 2. The second-order valence-corrected chi connectivity index (χ2v) is 7.14. The van der Waals surface area contributed by atoms with E-state index < -0.39 is 17.2 Å². The Morgan fingerprint density at radius 2 is 1.62 bits per heavy atom. The average Bonchev–Trinajstić information content (AvgIpc) is 2.80. The zero-order valence-corrected chi connectivity index (χ0v) is 17.8. The molecule has 0 bridgehead atoms. The van der Waals surface area contributed by atoms with Gasteiger partial charge in [0.15, 0.2) is 11.5 Å². The molecule has 0 atom stereocenters. The van der Waals surface area contributed by atoms with Crippen LogP contribution in [-0.4, -0.2) is 29.7 Å². The maximum Gasteiger partial charge on any atom is 0.333 e. The van der Waals surface area contributed by atoms with Crippen LogP contribution in [-0.2, 0) is 0 Å². The Kier molecular flexibility index (Phi) is 5.51. The summed E-state index contributed by atoms with van der Waals surface area (Å²) in [5.41, 5.74) is 1.34. The maximum absolute atomic E-state index is 12.9. The number of hydrogen-bond acceptors (Lipinski definition) is 5. The van der Waals surface area contributed by atoms with E-state index in [2.05, 4.69) is 10.3 Å². The molecule has 0 aliphatic rings. The topological polar surface area (TPSA) is 102 Å². The van der Waals surface area contributed by atoms with Gasteiger partial charge in [0.1, 0.15) is 0 Å². The van der Waals surface area contributed by atoms with Gasteiger partial charge < -0.3 is 19.8 Å². The molecular formula is C24H21N3O5. The number of aromatic amines is 1. The third-order valence-corrected chi connectivity index (χ3v) is 5.15. The number of methoxy groups -OCH3 is 2. The van der Waals surface area contributed by atoms with Crippen LogP contribution in [0.5, 0.6) is 11.5 Å². The first kappa shape index (κ1) is 20.9. The fourth-order valence-corrected chi connectivity index (χ4v) is 3.48. The first-order valence-corrected chi connectivity index (χ1v) is 9.81. The largest absolute Gasteiger partial charge is 0.493 e. The van der Waals surface area contributed by atoms with Gasteiger partial charge in [-0.25, -0.2) is 9.36 Å². The monoisotopic (exact) mass is 431 g/mol. The summed E-state index contributed by atoms with van der Waals surface area (Å²) in [5.74, 6) is 0.647. The number of nitrogens with zero attached hydrogens (tertiary/aromatic N) is 1. The molecule has 8 nitrogen and oxygen atoms in total. The molecule has 0 aliphatic carbocycles. The lowest BCUT2D eigenvalue weighted by molar-refractivity contribution is 0.102. The third kappa shape index (κ3) is 3.74. The van der Waals surface area contributed by atoms with Crippen molar-refractivity contribution >= 4 is 22.5 Å². The Hall–Kier alpha value is -4.33. The third-order valence-electron chi connectivity index (χ3n) is 5.15. The van der Waals surface area contributed by atoms with Gasteiger partial charge in [-0.3, -0.25) is 9.59 Å². The molecule has 32 heavy (non-hydrogen) atoms. The number of aryl methyl sites for hydroxylation is 1. The normalized spacial score (nSPS) is 10.7. The zero-order valence-electron chi connectivity index (χ0n) is 17.8. The minimum absolute atomic E-state index is 0.281. The Morgan fingerprint density at radius 3 is 2.31 bits per heavy atom. The summed E-state index contributed by atoms with van der Waals surface area (Å²) in [5, 5.41) is 3.13. The number of carbonyl (C=O) groups is 1. The molecule has 0 unspecified atom stereocenters. The van der Waals surface area contributed by atoms with Gasteiger partial charge in [-0.2, -0.15) is 0 Å². The number of rotatable bonds is 5. The highest BCUT2D eigenvalue weighted by atomic mass is 16.5. The molecule has 1 amide bonds. The van der Waals surface area contributed by atoms with Crippen LogP contribution >= 0.6 is 0 Å². The first-order valence-electron chi connectivity index (χ1n) is 9.81. The highest BCUT2D eigenvalue weighted by Gasteiger charge is 2.15. The molecule has 4 aromatic rings. The number of aromatic nitrogens is 2. The smallest absolute Gasteiger partial charge is 0.333 e. The molecule has 1 heterocycles. The molecule has 0 aliphatic heterocycles. The number of fused-ring (bicyclic) bond motifs is 1. The van der Waals surface area contributed by atoms with Crippen LogP contribution < -0.4 is 26.0 Å². The van der Waals surface area contributed by atoms with Crippen LogP contribution in [0.1, 0.15) is 15.9 Å². The maximum atomic E-state index is 12.9. The van der Waals surface area contributed by atoms with E-state index in [1.165, 1.54) is 26.4 Å². The second-order valence-electron chi connectivity index (χ2n) is 7.14. The Morgan fingerprint density at radius 1 is 0.938 bits per heavy atom. The van der Waals surface area contributed by atoms with Crippen molar-refractivity contribution < 1.29 is 14.3 Å². The number of anilines is 1. The van der Waals surface area contributed by atoms with E-state index in [0.29, 0.717) is 33.8 Å². The van der Waals surface area contributed by atoms with Crippen molar-refractivity contribution in [3.05, 3.63) is 92.6 Å². The van der Waals surface area contributed by atoms with Crippen LogP contribution in [0.15, 0.2) is 70.3 Å². The molecule has 0 saturated carbocycles. The van der Waals surface area contributed by atoms with Crippen molar-refractivity contribution in [2.45, 2.75) is 6.92 Å². The highest BCUT2D eigenvalue weighted by Crippen LogP contribution is 2.33. The fourth-order valence-electron chi connectivity index (χ4n) is 3.48. The van der Waals surface area contributed by atoms with Crippen molar-refractivity contribution in [3.8, 4) is 17.2 Å². The number of amides is 1. The van der Waals surface area contributed by atoms with E-state index in [4.69, 9.17) is 9.47 Å². The highest BCUT2D eigenvalue weighted by molar-refractivity contribution is 6.06. The van der Waals surface area contributed by atoms with E-state index in [1.807, 2.05) is 6.92 Å². The van der Waals surface area contributed by atoms with Crippen LogP contribution in [0.25, 0.3) is 16.6 Å². The molecular weight excluding hydrogens is 410 g/mol. The summed E-state index contributed by atoms with van der Waals surface area (Å²) in [6.07, 6.45) is 0. The van der Waals surface area contributed by atoms with Gasteiger partial charge in [-0.15, -0.1) is 0 Å². The van der Waals surface area contributed by atoms with E-state index in [-0.39, 0.29) is 5.52 Å². The number of carbonyl (C=O) groups excluding carboxylic acids is 1. The first-order chi connectivity index (χ1) is 15.4. The Labute approximate surface area is 183 Å². The SMILES string of the molecule is COc1cc(C)c(NC(=O)c2ccc3c(=O)n(-c4ccccc4)c(=O)[nH]c3c2)cc1OC. The summed E-state index contributed by atoms with van der Waals surface area (Å²) >= 11 is 0. The van der Waals surface area contributed by atoms with Gasteiger partial charge in [0.25, 0.3) is 11.5 Å². The molecule has 0 saturated heterocycles. The van der Waals surface area contributed by atoms with Gasteiger partial charge in [0.2, 0.25) is 0 Å². The lowest BCUT2D eigenvalue weighted by Gasteiger charge is -2.14. The van der Waals surface area contributed by atoms with Crippen molar-refractivity contribution in [1.82, 2.24) is 9.55 Å². The number of H-pyrrole nitrogens is 1. The van der Waals surface area contributed by atoms with Crippen molar-refractivity contribution in [1.29, 1.82) is 0 Å². The van der Waals surface area contributed by atoms with Gasteiger partial charge in [-0.05, 0) is 48.9 Å². The summed E-state index contributed by atoms with van der Waals surface area (Å²) < 4.78 is 11.6. The lowest BCUT2D eigenvalue weighted by atomic mass is 10.1. The summed E-state index contributed by atoms with van der Waals surface area (Å²) in [4.78, 5) is 41.1. The summed E-state index contributed by atoms with van der Waals surface area (Å²) in [7, 11) is 3.05. The Bertz CT molecular complexity index is 1440. The fraction of sp³-hybridized carbons (Fsp3) is 0.125. The van der Waals surface area contributed by atoms with Gasteiger partial charge >= 0.3 is 5.69 Å². The predicted octanol–water partition coefficient (Wildman–Crippen LogP) is 3.26. The van der Waals surface area contributed by atoms with Crippen LogP contribution in [0, 0.1) is 6.92 Å². The minimum Gasteiger partial charge on any atom is -0.493 e. The van der Waals surface area contributed by atoms with Gasteiger partial charge in [0, 0.05) is 17.3 Å². The summed E-state index contributed by atoms with van der Waals surface area (Å²) in [6.45, 7) is 1.83. The quantitative estimate of drug-likeness (QED) is 0.505. The van der Waals surface area contributed by atoms with E-state index in [0.717, 1.165) is 10.1 Å². The number of hydrogen-bond donors (Lipinski definition) is 2. The molecule has 162 valence electrons. The molecule has 0 fully saturated rings. The lowest BCUT2D eigenvalue weighted by Crippen LogP contribution is -2.33. The number of nitrogens with one attached hydrogen (secondary N) is 2. The number of para-hydroxylation sites is 1. The minimum atomic E-state index is -0.581. The van der Waals surface area contributed by atoms with Crippen LogP contribution in [0.4, 0.5) is 5.69 Å². The predicted molar refractivity (Wildman–Crippen MR) is 122 cm³/mol. The average molecular weight is 431 g/mol. The van der Waals surface area contributed by atoms with Crippen LogP contribution in [0.3, 0.4) is 0 Å².